The topological polar surface area (TPSA) is 58.7 Å². The molecule has 1 heterocycles. The quantitative estimate of drug-likeness (QED) is 0.602. The standard InChI is InChI=1S/C9H11N3O/c1-9(2,3)8(13)12-6-7(4-10)5-11-12/h5-6H,1-3H3. The van der Waals surface area contributed by atoms with Crippen molar-refractivity contribution in [2.45, 2.75) is 20.8 Å². The predicted octanol–water partition coefficient (Wildman–Crippen LogP) is 1.44. The number of rotatable bonds is 0. The van der Waals surface area contributed by atoms with Gasteiger partial charge >= 0.3 is 0 Å². The Morgan fingerprint density at radius 1 is 1.62 bits per heavy atom. The molecule has 1 aromatic heterocycles. The zero-order chi connectivity index (χ0) is 10.1. The van der Waals surface area contributed by atoms with E-state index in [9.17, 15) is 4.79 Å². The van der Waals surface area contributed by atoms with Gasteiger partial charge in [0, 0.05) is 5.41 Å². The molecule has 68 valence electrons. The maximum absolute atomic E-state index is 11.6. The Bertz CT molecular complexity index is 365. The molecule has 4 nitrogen and oxygen atoms in total. The summed E-state index contributed by atoms with van der Waals surface area (Å²) in [6.45, 7) is 5.43. The fraction of sp³-hybridized carbons (Fsp3) is 0.444. The largest absolute Gasteiger partial charge is 0.272 e. The van der Waals surface area contributed by atoms with E-state index in [1.54, 1.807) is 0 Å². The van der Waals surface area contributed by atoms with Gasteiger partial charge in [0.1, 0.15) is 6.07 Å². The number of carbonyl (C=O) groups is 1. The second-order valence-electron chi connectivity index (χ2n) is 3.84. The van der Waals surface area contributed by atoms with Gasteiger partial charge < -0.3 is 0 Å². The van der Waals surface area contributed by atoms with Crippen LogP contribution in [0, 0.1) is 16.7 Å². The molecule has 0 spiro atoms. The summed E-state index contributed by atoms with van der Waals surface area (Å²) < 4.78 is 1.21. The minimum Gasteiger partial charge on any atom is -0.272 e. The highest BCUT2D eigenvalue weighted by Gasteiger charge is 2.23. The van der Waals surface area contributed by atoms with E-state index < -0.39 is 5.41 Å². The van der Waals surface area contributed by atoms with Crippen LogP contribution in [-0.2, 0) is 0 Å². The average Bonchev–Trinajstić information content (AvgIpc) is 2.48. The predicted molar refractivity (Wildman–Crippen MR) is 47.0 cm³/mol. The lowest BCUT2D eigenvalue weighted by Gasteiger charge is -2.15. The van der Waals surface area contributed by atoms with Gasteiger partial charge in [-0.15, -0.1) is 0 Å². The van der Waals surface area contributed by atoms with Gasteiger partial charge in [-0.05, 0) is 0 Å². The van der Waals surface area contributed by atoms with Crippen molar-refractivity contribution in [2.24, 2.45) is 5.41 Å². The molecule has 13 heavy (non-hydrogen) atoms. The van der Waals surface area contributed by atoms with Gasteiger partial charge in [-0.3, -0.25) is 4.79 Å². The SMILES string of the molecule is CC(C)(C)C(=O)n1cc(C#N)cn1. The molecule has 1 aromatic rings. The van der Waals surface area contributed by atoms with Crippen LogP contribution in [0.5, 0.6) is 0 Å². The van der Waals surface area contributed by atoms with Gasteiger partial charge in [0.2, 0.25) is 0 Å². The highest BCUT2D eigenvalue weighted by atomic mass is 16.2. The Morgan fingerprint density at radius 2 is 2.23 bits per heavy atom. The van der Waals surface area contributed by atoms with E-state index in [1.165, 1.54) is 17.1 Å². The first kappa shape index (κ1) is 9.46. The maximum atomic E-state index is 11.6. The van der Waals surface area contributed by atoms with Crippen molar-refractivity contribution in [3.63, 3.8) is 0 Å². The van der Waals surface area contributed by atoms with Crippen LogP contribution in [-0.4, -0.2) is 15.7 Å². The summed E-state index contributed by atoms with van der Waals surface area (Å²) in [5.41, 5.74) is -0.0729. The molecule has 0 fully saturated rings. The smallest absolute Gasteiger partial charge is 0.252 e. The summed E-state index contributed by atoms with van der Waals surface area (Å²) in [4.78, 5) is 11.6. The number of hydrogen-bond donors (Lipinski definition) is 0. The van der Waals surface area contributed by atoms with E-state index in [0.717, 1.165) is 0 Å². The molecule has 0 atom stereocenters. The Labute approximate surface area is 76.8 Å². The molecule has 0 amide bonds. The van der Waals surface area contributed by atoms with Crippen molar-refractivity contribution in [1.82, 2.24) is 9.78 Å². The van der Waals surface area contributed by atoms with E-state index >= 15 is 0 Å². The zero-order valence-electron chi connectivity index (χ0n) is 7.90. The van der Waals surface area contributed by atoms with E-state index in [4.69, 9.17) is 5.26 Å². The van der Waals surface area contributed by atoms with Crippen molar-refractivity contribution >= 4 is 5.91 Å². The molecule has 0 aliphatic carbocycles. The molecule has 0 aliphatic heterocycles. The summed E-state index contributed by atoms with van der Waals surface area (Å²) in [5.74, 6) is -0.117. The lowest BCUT2D eigenvalue weighted by molar-refractivity contribution is 0.0749. The molecule has 0 aromatic carbocycles. The van der Waals surface area contributed by atoms with Crippen molar-refractivity contribution in [3.05, 3.63) is 18.0 Å². The molecule has 0 unspecified atom stereocenters. The summed E-state index contributed by atoms with van der Waals surface area (Å²) >= 11 is 0. The molecule has 0 radical (unpaired) electrons. The second-order valence-corrected chi connectivity index (χ2v) is 3.84. The molecule has 1 rings (SSSR count). The van der Waals surface area contributed by atoms with Crippen molar-refractivity contribution < 1.29 is 4.79 Å². The maximum Gasteiger partial charge on any atom is 0.252 e. The summed E-state index contributed by atoms with van der Waals surface area (Å²) in [6.07, 6.45) is 2.82. The van der Waals surface area contributed by atoms with Crippen LogP contribution in [0.1, 0.15) is 31.1 Å². The third-order valence-electron chi connectivity index (χ3n) is 1.56. The first-order chi connectivity index (χ1) is 5.95. The fourth-order valence-corrected chi connectivity index (χ4v) is 0.835. The Morgan fingerprint density at radius 3 is 2.62 bits per heavy atom. The third kappa shape index (κ3) is 1.94. The van der Waals surface area contributed by atoms with Crippen LogP contribution >= 0.6 is 0 Å². The number of hydrogen-bond acceptors (Lipinski definition) is 3. The molecule has 0 saturated heterocycles. The van der Waals surface area contributed by atoms with Crippen LogP contribution in [0.2, 0.25) is 0 Å². The normalized spacial score (nSPS) is 10.9. The van der Waals surface area contributed by atoms with Gasteiger partial charge in [0.25, 0.3) is 5.91 Å². The number of nitriles is 1. The van der Waals surface area contributed by atoms with E-state index in [1.807, 2.05) is 26.8 Å². The molecule has 0 N–H and O–H groups in total. The van der Waals surface area contributed by atoms with Crippen LogP contribution in [0.15, 0.2) is 12.4 Å². The van der Waals surface area contributed by atoms with Gasteiger partial charge in [0.05, 0.1) is 18.0 Å². The Balaban J connectivity index is 2.98. The average molecular weight is 177 g/mol. The zero-order valence-corrected chi connectivity index (χ0v) is 7.90. The monoisotopic (exact) mass is 177 g/mol. The van der Waals surface area contributed by atoms with Gasteiger partial charge in [0.15, 0.2) is 0 Å². The number of carbonyl (C=O) groups excluding carboxylic acids is 1. The van der Waals surface area contributed by atoms with Crippen LogP contribution < -0.4 is 0 Å². The van der Waals surface area contributed by atoms with Crippen molar-refractivity contribution in [1.29, 1.82) is 5.26 Å². The second kappa shape index (κ2) is 3.02. The first-order valence-electron chi connectivity index (χ1n) is 3.95. The van der Waals surface area contributed by atoms with E-state index in [0.29, 0.717) is 5.56 Å². The van der Waals surface area contributed by atoms with Gasteiger partial charge in [-0.2, -0.15) is 10.4 Å². The van der Waals surface area contributed by atoms with Gasteiger partial charge in [-0.1, -0.05) is 20.8 Å². The molecule has 0 aliphatic rings. The summed E-state index contributed by atoms with van der Waals surface area (Å²) in [5, 5.41) is 12.3. The van der Waals surface area contributed by atoms with E-state index in [-0.39, 0.29) is 5.91 Å². The van der Waals surface area contributed by atoms with Gasteiger partial charge in [-0.25, -0.2) is 4.68 Å². The molecular weight excluding hydrogens is 166 g/mol. The lowest BCUT2D eigenvalue weighted by atomic mass is 9.96. The minimum absolute atomic E-state index is 0.117. The molecule has 4 heteroatoms. The first-order valence-corrected chi connectivity index (χ1v) is 3.95. The fourth-order valence-electron chi connectivity index (χ4n) is 0.835. The third-order valence-corrected chi connectivity index (χ3v) is 1.56. The lowest BCUT2D eigenvalue weighted by Crippen LogP contribution is -2.26. The van der Waals surface area contributed by atoms with Crippen molar-refractivity contribution in [2.75, 3.05) is 0 Å². The molecule has 0 bridgehead atoms. The van der Waals surface area contributed by atoms with E-state index in [2.05, 4.69) is 5.10 Å². The number of nitrogens with zero attached hydrogens (tertiary/aromatic N) is 3. The molecular formula is C9H11N3O. The number of aromatic nitrogens is 2. The van der Waals surface area contributed by atoms with Crippen molar-refractivity contribution in [3.8, 4) is 6.07 Å². The van der Waals surface area contributed by atoms with Crippen LogP contribution in [0.3, 0.4) is 0 Å². The minimum atomic E-state index is -0.473. The summed E-state index contributed by atoms with van der Waals surface area (Å²) in [6, 6.07) is 1.92. The van der Waals surface area contributed by atoms with Crippen LogP contribution in [0.4, 0.5) is 0 Å². The van der Waals surface area contributed by atoms with Crippen LogP contribution in [0.25, 0.3) is 0 Å². The highest BCUT2D eigenvalue weighted by Crippen LogP contribution is 2.15. The summed E-state index contributed by atoms with van der Waals surface area (Å²) in [7, 11) is 0. The Kier molecular flexibility index (Phi) is 2.20. The Hall–Kier alpha value is -1.63. The highest BCUT2D eigenvalue weighted by molar-refractivity contribution is 5.83. The molecule has 0 saturated carbocycles.